The number of unbranched alkanes of at least 4 members (excludes halogenated alkanes) is 42. The quantitative estimate of drug-likeness (QED) is 0.0222. The van der Waals surface area contributed by atoms with Crippen molar-refractivity contribution >= 4 is 39.5 Å². The third kappa shape index (κ3) is 69.2. The number of carbonyl (C=O) groups excluding carboxylic acids is 4. The van der Waals surface area contributed by atoms with E-state index in [1.807, 2.05) is 0 Å². The van der Waals surface area contributed by atoms with E-state index < -0.39 is 97.5 Å². The lowest BCUT2D eigenvalue weighted by atomic mass is 10.00. The lowest BCUT2D eigenvalue weighted by Gasteiger charge is -2.21. The van der Waals surface area contributed by atoms with Gasteiger partial charge in [0.25, 0.3) is 0 Å². The maximum atomic E-state index is 13.1. The smallest absolute Gasteiger partial charge is 0.462 e. The third-order valence-electron chi connectivity index (χ3n) is 18.2. The SMILES string of the molecule is CCCCCCCCCCCCCCCCCCCCCCCC(=O)O[C@H](COC(=O)CCCCCCCCCCCCCCCC(C)C)COP(=O)(O)OC[C@@H](O)COP(=O)(O)OC[C@@H](COC(=O)CCCCCCCCC(C)C)OC(=O)CCCCCCCCC(C)CC. The van der Waals surface area contributed by atoms with E-state index in [0.29, 0.717) is 31.6 Å². The molecule has 96 heavy (non-hydrogen) atoms. The molecular weight excluding hydrogens is 1260 g/mol. The van der Waals surface area contributed by atoms with Crippen molar-refractivity contribution < 1.29 is 80.2 Å². The second-order valence-corrected chi connectivity index (χ2v) is 31.8. The largest absolute Gasteiger partial charge is 0.472 e. The molecule has 0 amide bonds. The molecule has 0 spiro atoms. The van der Waals surface area contributed by atoms with E-state index >= 15 is 0 Å². The Morgan fingerprint density at radius 3 is 0.792 bits per heavy atom. The van der Waals surface area contributed by atoms with E-state index in [0.717, 1.165) is 108 Å². The molecule has 0 bridgehead atoms. The predicted molar refractivity (Wildman–Crippen MR) is 391 cm³/mol. The van der Waals surface area contributed by atoms with Crippen LogP contribution < -0.4 is 0 Å². The summed E-state index contributed by atoms with van der Waals surface area (Å²) >= 11 is 0. The summed E-state index contributed by atoms with van der Waals surface area (Å²) in [5.74, 6) is 0.0673. The molecule has 0 aliphatic carbocycles. The van der Waals surface area contributed by atoms with Gasteiger partial charge in [0, 0.05) is 25.7 Å². The standard InChI is InChI=1S/C77H150O17P2/c1-8-10-11-12-13-14-15-16-17-18-19-20-21-22-23-26-30-33-36-46-53-60-76(81)93-72(64-87-74(79)58-51-44-35-32-29-27-24-25-28-31-34-41-48-55-68(3)4)66-91-95(83,84)89-62-71(78)63-90-96(85,86)92-67-73(65-88-75(80)59-52-45-39-37-42-49-56-69(5)6)94-77(82)61-54-47-40-38-43-50-57-70(7)9-2/h68-73,78H,8-67H2,1-7H3,(H,83,84)(H,85,86)/t70?,71-,72-,73-/m1/s1. The summed E-state index contributed by atoms with van der Waals surface area (Å²) < 4.78 is 68.5. The van der Waals surface area contributed by atoms with E-state index in [4.69, 9.17) is 37.0 Å². The van der Waals surface area contributed by atoms with Gasteiger partial charge in [-0.15, -0.1) is 0 Å². The van der Waals surface area contributed by atoms with Crippen molar-refractivity contribution in [3.8, 4) is 0 Å². The Morgan fingerprint density at radius 2 is 0.531 bits per heavy atom. The van der Waals surface area contributed by atoms with E-state index in [1.165, 1.54) is 199 Å². The number of esters is 4. The van der Waals surface area contributed by atoms with Crippen molar-refractivity contribution in [2.75, 3.05) is 39.6 Å². The van der Waals surface area contributed by atoms with Gasteiger partial charge in [-0.1, -0.05) is 344 Å². The summed E-state index contributed by atoms with van der Waals surface area (Å²) in [5, 5.41) is 10.6. The van der Waals surface area contributed by atoms with Crippen LogP contribution in [-0.2, 0) is 65.4 Å². The van der Waals surface area contributed by atoms with Crippen molar-refractivity contribution in [1.29, 1.82) is 0 Å². The van der Waals surface area contributed by atoms with Crippen molar-refractivity contribution in [2.45, 2.75) is 414 Å². The number of aliphatic hydroxyl groups excluding tert-OH is 1. The minimum absolute atomic E-state index is 0.102. The third-order valence-corrected chi connectivity index (χ3v) is 20.1. The second-order valence-electron chi connectivity index (χ2n) is 28.9. The molecule has 0 saturated carbocycles. The van der Waals surface area contributed by atoms with Crippen LogP contribution >= 0.6 is 15.6 Å². The summed E-state index contributed by atoms with van der Waals surface area (Å²) in [6, 6.07) is 0. The minimum Gasteiger partial charge on any atom is -0.462 e. The van der Waals surface area contributed by atoms with Crippen LogP contribution in [0.1, 0.15) is 395 Å². The zero-order chi connectivity index (χ0) is 70.9. The minimum atomic E-state index is -4.96. The Kier molecular flexibility index (Phi) is 66.2. The Morgan fingerprint density at radius 1 is 0.302 bits per heavy atom. The highest BCUT2D eigenvalue weighted by atomic mass is 31.2. The van der Waals surface area contributed by atoms with Crippen LogP contribution in [0.25, 0.3) is 0 Å². The summed E-state index contributed by atoms with van der Waals surface area (Å²) in [5.41, 5.74) is 0. The summed E-state index contributed by atoms with van der Waals surface area (Å²) in [4.78, 5) is 72.7. The topological polar surface area (TPSA) is 237 Å². The van der Waals surface area contributed by atoms with E-state index in [2.05, 4.69) is 48.5 Å². The molecule has 0 aliphatic heterocycles. The Balaban J connectivity index is 5.19. The number of hydrogen-bond donors (Lipinski definition) is 3. The summed E-state index contributed by atoms with van der Waals surface area (Å²) in [6.07, 6.45) is 54.5. The first-order valence-electron chi connectivity index (χ1n) is 39.9. The number of ether oxygens (including phenoxy) is 4. The Bertz CT molecular complexity index is 1870. The highest BCUT2D eigenvalue weighted by molar-refractivity contribution is 7.47. The second kappa shape index (κ2) is 67.5. The number of phosphoric ester groups is 2. The summed E-state index contributed by atoms with van der Waals surface area (Å²) in [7, 11) is -9.91. The molecule has 570 valence electrons. The van der Waals surface area contributed by atoms with Gasteiger partial charge in [-0.3, -0.25) is 37.3 Å². The molecule has 0 fully saturated rings. The lowest BCUT2D eigenvalue weighted by molar-refractivity contribution is -0.161. The van der Waals surface area contributed by atoms with Crippen molar-refractivity contribution in [3.05, 3.63) is 0 Å². The first-order valence-corrected chi connectivity index (χ1v) is 42.9. The van der Waals surface area contributed by atoms with Crippen LogP contribution in [0.15, 0.2) is 0 Å². The molecule has 3 N–H and O–H groups in total. The lowest BCUT2D eigenvalue weighted by Crippen LogP contribution is -2.30. The number of phosphoric acid groups is 2. The molecule has 17 nitrogen and oxygen atoms in total. The van der Waals surface area contributed by atoms with Crippen LogP contribution in [-0.4, -0.2) is 96.7 Å². The molecular formula is C77H150O17P2. The molecule has 0 aliphatic rings. The highest BCUT2D eigenvalue weighted by Gasteiger charge is 2.30. The van der Waals surface area contributed by atoms with Gasteiger partial charge in [-0.05, 0) is 43.4 Å². The number of rotatable bonds is 75. The monoisotopic (exact) mass is 1410 g/mol. The normalized spacial score (nSPS) is 14.3. The Hall–Kier alpha value is -1.94. The van der Waals surface area contributed by atoms with E-state index in [-0.39, 0.29) is 25.7 Å². The molecule has 0 saturated heterocycles. The van der Waals surface area contributed by atoms with Crippen LogP contribution in [0.2, 0.25) is 0 Å². The number of hydrogen-bond acceptors (Lipinski definition) is 15. The molecule has 0 heterocycles. The molecule has 6 atom stereocenters. The fraction of sp³-hybridized carbons (Fsp3) is 0.948. The van der Waals surface area contributed by atoms with Gasteiger partial charge < -0.3 is 33.8 Å². The molecule has 0 aromatic rings. The number of aliphatic hydroxyl groups is 1. The highest BCUT2D eigenvalue weighted by Crippen LogP contribution is 2.45. The van der Waals surface area contributed by atoms with Gasteiger partial charge >= 0.3 is 39.5 Å². The van der Waals surface area contributed by atoms with E-state index in [9.17, 15) is 43.2 Å². The molecule has 0 aromatic carbocycles. The summed E-state index contributed by atoms with van der Waals surface area (Å²) in [6.45, 7) is 11.8. The zero-order valence-corrected chi connectivity index (χ0v) is 64.6. The average Bonchev–Trinajstić information content (AvgIpc) is 1.42. The van der Waals surface area contributed by atoms with Crippen LogP contribution in [0.4, 0.5) is 0 Å². The fourth-order valence-corrected chi connectivity index (χ4v) is 13.3. The molecule has 0 radical (unpaired) electrons. The Labute approximate surface area is 588 Å². The van der Waals surface area contributed by atoms with Crippen LogP contribution in [0.3, 0.4) is 0 Å². The van der Waals surface area contributed by atoms with Gasteiger partial charge in [0.05, 0.1) is 26.4 Å². The van der Waals surface area contributed by atoms with Gasteiger partial charge in [0.1, 0.15) is 19.3 Å². The van der Waals surface area contributed by atoms with Gasteiger partial charge in [0.15, 0.2) is 12.2 Å². The number of carbonyl (C=O) groups is 4. The van der Waals surface area contributed by atoms with Crippen LogP contribution in [0, 0.1) is 17.8 Å². The first-order chi connectivity index (χ1) is 46.3. The zero-order valence-electron chi connectivity index (χ0n) is 62.8. The van der Waals surface area contributed by atoms with E-state index in [1.54, 1.807) is 0 Å². The van der Waals surface area contributed by atoms with Gasteiger partial charge in [-0.2, -0.15) is 0 Å². The molecule has 0 aromatic heterocycles. The van der Waals surface area contributed by atoms with Gasteiger partial charge in [0.2, 0.25) is 0 Å². The van der Waals surface area contributed by atoms with Gasteiger partial charge in [-0.25, -0.2) is 9.13 Å². The maximum absolute atomic E-state index is 13.1. The van der Waals surface area contributed by atoms with Crippen molar-refractivity contribution in [1.82, 2.24) is 0 Å². The predicted octanol–water partition coefficient (Wildman–Crippen LogP) is 22.6. The van der Waals surface area contributed by atoms with Crippen molar-refractivity contribution in [2.24, 2.45) is 17.8 Å². The first kappa shape index (κ1) is 94.1. The fourth-order valence-electron chi connectivity index (χ4n) is 11.7. The molecule has 3 unspecified atom stereocenters. The molecule has 19 heteroatoms. The van der Waals surface area contributed by atoms with Crippen LogP contribution in [0.5, 0.6) is 0 Å². The van der Waals surface area contributed by atoms with Crippen molar-refractivity contribution in [3.63, 3.8) is 0 Å². The molecule has 0 rings (SSSR count). The maximum Gasteiger partial charge on any atom is 0.472 e. The average molecular weight is 1410 g/mol.